The van der Waals surface area contributed by atoms with Gasteiger partial charge in [0.2, 0.25) is 0 Å². The summed E-state index contributed by atoms with van der Waals surface area (Å²) in [7, 11) is 0. The van der Waals surface area contributed by atoms with E-state index in [1.54, 1.807) is 18.2 Å². The Morgan fingerprint density at radius 3 is 2.63 bits per heavy atom. The van der Waals surface area contributed by atoms with Gasteiger partial charge in [0.1, 0.15) is 17.4 Å². The van der Waals surface area contributed by atoms with Crippen molar-refractivity contribution in [1.82, 2.24) is 0 Å². The Morgan fingerprint density at radius 1 is 1.32 bits per heavy atom. The van der Waals surface area contributed by atoms with Crippen LogP contribution in [0.5, 0.6) is 5.75 Å². The van der Waals surface area contributed by atoms with Crippen LogP contribution in [0.2, 0.25) is 0 Å². The molecule has 1 fully saturated rings. The molecule has 2 rings (SSSR count). The molecule has 0 aromatic heterocycles. The number of hydrogen-bond donors (Lipinski definition) is 1. The van der Waals surface area contributed by atoms with E-state index in [0.717, 1.165) is 25.7 Å². The SMILES string of the molecule is CC(C)Oc1ccc(N)cc1C(=O)OC1CCCC1. The molecule has 0 bridgehead atoms. The number of ether oxygens (including phenoxy) is 2. The quantitative estimate of drug-likeness (QED) is 0.669. The number of nitrogens with two attached hydrogens (primary N) is 1. The lowest BCUT2D eigenvalue weighted by atomic mass is 10.1. The van der Waals surface area contributed by atoms with Crippen molar-refractivity contribution in [3.8, 4) is 5.75 Å². The Morgan fingerprint density at radius 2 is 2.00 bits per heavy atom. The summed E-state index contributed by atoms with van der Waals surface area (Å²) in [5.74, 6) is 0.196. The van der Waals surface area contributed by atoms with Crippen LogP contribution in [0.25, 0.3) is 0 Å². The topological polar surface area (TPSA) is 61.5 Å². The molecule has 0 amide bonds. The van der Waals surface area contributed by atoms with Crippen molar-refractivity contribution in [2.75, 3.05) is 5.73 Å². The van der Waals surface area contributed by atoms with E-state index >= 15 is 0 Å². The average Bonchev–Trinajstić information content (AvgIpc) is 2.83. The fraction of sp³-hybridized carbons (Fsp3) is 0.533. The molecule has 4 heteroatoms. The molecule has 1 saturated carbocycles. The van der Waals surface area contributed by atoms with Gasteiger partial charge in [0.05, 0.1) is 6.10 Å². The summed E-state index contributed by atoms with van der Waals surface area (Å²) in [6.07, 6.45) is 4.21. The Kier molecular flexibility index (Phi) is 4.30. The molecule has 0 atom stereocenters. The van der Waals surface area contributed by atoms with Crippen LogP contribution >= 0.6 is 0 Å². The summed E-state index contributed by atoms with van der Waals surface area (Å²) in [5, 5.41) is 0. The Bertz CT molecular complexity index is 451. The first kappa shape index (κ1) is 13.7. The summed E-state index contributed by atoms with van der Waals surface area (Å²) in [5.41, 5.74) is 6.69. The van der Waals surface area contributed by atoms with Gasteiger partial charge in [0.25, 0.3) is 0 Å². The summed E-state index contributed by atoms with van der Waals surface area (Å²) >= 11 is 0. The highest BCUT2D eigenvalue weighted by Crippen LogP contribution is 2.27. The molecular formula is C15H21NO3. The molecule has 1 aromatic rings. The largest absolute Gasteiger partial charge is 0.490 e. The fourth-order valence-electron chi connectivity index (χ4n) is 2.28. The van der Waals surface area contributed by atoms with E-state index in [1.165, 1.54) is 0 Å². The third-order valence-electron chi connectivity index (χ3n) is 3.16. The van der Waals surface area contributed by atoms with Crippen LogP contribution in [0.1, 0.15) is 49.9 Å². The predicted molar refractivity (Wildman–Crippen MR) is 74.3 cm³/mol. The third-order valence-corrected chi connectivity index (χ3v) is 3.16. The monoisotopic (exact) mass is 263 g/mol. The highest BCUT2D eigenvalue weighted by molar-refractivity contribution is 5.93. The van der Waals surface area contributed by atoms with Gasteiger partial charge in [0, 0.05) is 5.69 Å². The average molecular weight is 263 g/mol. The molecule has 0 aliphatic heterocycles. The van der Waals surface area contributed by atoms with Crippen LogP contribution in [0, 0.1) is 0 Å². The zero-order valence-electron chi connectivity index (χ0n) is 11.5. The molecule has 1 aliphatic rings. The maximum Gasteiger partial charge on any atom is 0.342 e. The van der Waals surface area contributed by atoms with E-state index in [1.807, 2.05) is 13.8 Å². The fourth-order valence-corrected chi connectivity index (χ4v) is 2.28. The molecule has 1 aliphatic carbocycles. The zero-order valence-corrected chi connectivity index (χ0v) is 11.5. The van der Waals surface area contributed by atoms with Crippen LogP contribution in [-0.4, -0.2) is 18.2 Å². The summed E-state index contributed by atoms with van der Waals surface area (Å²) in [4.78, 5) is 12.2. The molecule has 0 heterocycles. The lowest BCUT2D eigenvalue weighted by molar-refractivity contribution is 0.0312. The van der Waals surface area contributed by atoms with Crippen molar-refractivity contribution < 1.29 is 14.3 Å². The molecule has 1 aromatic carbocycles. The van der Waals surface area contributed by atoms with Crippen molar-refractivity contribution >= 4 is 11.7 Å². The highest BCUT2D eigenvalue weighted by atomic mass is 16.5. The van der Waals surface area contributed by atoms with Crippen molar-refractivity contribution in [2.24, 2.45) is 0 Å². The number of rotatable bonds is 4. The van der Waals surface area contributed by atoms with Gasteiger partial charge in [0.15, 0.2) is 0 Å². The van der Waals surface area contributed by atoms with Crippen LogP contribution in [0.3, 0.4) is 0 Å². The van der Waals surface area contributed by atoms with Gasteiger partial charge in [-0.2, -0.15) is 0 Å². The molecule has 0 saturated heterocycles. The Hall–Kier alpha value is -1.71. The molecule has 104 valence electrons. The normalized spacial score (nSPS) is 15.7. The smallest absolute Gasteiger partial charge is 0.342 e. The van der Waals surface area contributed by atoms with Gasteiger partial charge in [-0.05, 0) is 57.7 Å². The van der Waals surface area contributed by atoms with Crippen molar-refractivity contribution in [1.29, 1.82) is 0 Å². The number of nitrogen functional groups attached to an aromatic ring is 1. The maximum absolute atomic E-state index is 12.2. The minimum Gasteiger partial charge on any atom is -0.490 e. The molecule has 4 nitrogen and oxygen atoms in total. The van der Waals surface area contributed by atoms with Gasteiger partial charge in [-0.15, -0.1) is 0 Å². The second-order valence-electron chi connectivity index (χ2n) is 5.23. The standard InChI is InChI=1S/C15H21NO3/c1-10(2)18-14-8-7-11(16)9-13(14)15(17)19-12-5-3-4-6-12/h7-10,12H,3-6,16H2,1-2H3. The van der Waals surface area contributed by atoms with Crippen molar-refractivity contribution in [3.63, 3.8) is 0 Å². The highest BCUT2D eigenvalue weighted by Gasteiger charge is 2.22. The first-order valence-corrected chi connectivity index (χ1v) is 6.83. The molecule has 0 radical (unpaired) electrons. The molecule has 0 spiro atoms. The number of anilines is 1. The Balaban J connectivity index is 2.15. The van der Waals surface area contributed by atoms with E-state index in [4.69, 9.17) is 15.2 Å². The number of carbonyl (C=O) groups excluding carboxylic acids is 1. The number of carbonyl (C=O) groups is 1. The molecule has 2 N–H and O–H groups in total. The summed E-state index contributed by atoms with van der Waals surface area (Å²) < 4.78 is 11.1. The van der Waals surface area contributed by atoms with Crippen LogP contribution in [-0.2, 0) is 4.74 Å². The van der Waals surface area contributed by atoms with E-state index < -0.39 is 0 Å². The van der Waals surface area contributed by atoms with Crippen molar-refractivity contribution in [3.05, 3.63) is 23.8 Å². The van der Waals surface area contributed by atoms with Gasteiger partial charge in [-0.1, -0.05) is 0 Å². The number of benzene rings is 1. The van der Waals surface area contributed by atoms with Gasteiger partial charge >= 0.3 is 5.97 Å². The molecule has 0 unspecified atom stereocenters. The number of esters is 1. The van der Waals surface area contributed by atoms with Crippen molar-refractivity contribution in [2.45, 2.75) is 51.7 Å². The summed E-state index contributed by atoms with van der Waals surface area (Å²) in [6, 6.07) is 5.07. The first-order valence-electron chi connectivity index (χ1n) is 6.83. The van der Waals surface area contributed by atoms with Crippen LogP contribution in [0.4, 0.5) is 5.69 Å². The second kappa shape index (κ2) is 5.95. The second-order valence-corrected chi connectivity index (χ2v) is 5.23. The van der Waals surface area contributed by atoms with Gasteiger partial charge < -0.3 is 15.2 Å². The zero-order chi connectivity index (χ0) is 13.8. The van der Waals surface area contributed by atoms with Crippen LogP contribution in [0.15, 0.2) is 18.2 Å². The minimum absolute atomic E-state index is 0.00153. The lowest BCUT2D eigenvalue weighted by Crippen LogP contribution is -2.17. The molecule has 19 heavy (non-hydrogen) atoms. The molecular weight excluding hydrogens is 242 g/mol. The van der Waals surface area contributed by atoms with E-state index in [-0.39, 0.29) is 18.2 Å². The predicted octanol–water partition coefficient (Wildman–Crippen LogP) is 3.16. The minimum atomic E-state index is -0.338. The Labute approximate surface area is 113 Å². The summed E-state index contributed by atoms with van der Waals surface area (Å²) in [6.45, 7) is 3.84. The van der Waals surface area contributed by atoms with E-state index in [0.29, 0.717) is 17.0 Å². The van der Waals surface area contributed by atoms with Gasteiger partial charge in [-0.3, -0.25) is 0 Å². The third kappa shape index (κ3) is 3.63. The van der Waals surface area contributed by atoms with E-state index in [9.17, 15) is 4.79 Å². The first-order chi connectivity index (χ1) is 9.06. The maximum atomic E-state index is 12.2. The van der Waals surface area contributed by atoms with Gasteiger partial charge in [-0.25, -0.2) is 4.79 Å². The lowest BCUT2D eigenvalue weighted by Gasteiger charge is -2.16. The van der Waals surface area contributed by atoms with Crippen LogP contribution < -0.4 is 10.5 Å². The van der Waals surface area contributed by atoms with E-state index in [2.05, 4.69) is 0 Å². The number of hydrogen-bond acceptors (Lipinski definition) is 4.